The molecule has 0 atom stereocenters. The number of hydrogen-bond donors (Lipinski definition) is 2. The van der Waals surface area contributed by atoms with Crippen LogP contribution in [0.25, 0.3) is 22.3 Å². The molecule has 0 aliphatic carbocycles. The smallest absolute Gasteiger partial charge is 0.253 e. The van der Waals surface area contributed by atoms with Crippen LogP contribution in [0.2, 0.25) is 10.0 Å². The Hall–Kier alpha value is -4.83. The molecule has 5 aromatic rings. The highest BCUT2D eigenvalue weighted by Gasteiger charge is 2.25. The second-order valence-corrected chi connectivity index (χ2v) is 13.9. The monoisotopic (exact) mass is 719 g/mol. The van der Waals surface area contributed by atoms with E-state index in [0.29, 0.717) is 21.2 Å². The number of nitrogens with one attached hydrogen (secondary N) is 2. The summed E-state index contributed by atoms with van der Waals surface area (Å²) >= 11 is 13.4. The van der Waals surface area contributed by atoms with Gasteiger partial charge < -0.3 is 15.5 Å². The second-order valence-electron chi connectivity index (χ2n) is 13.1. The van der Waals surface area contributed by atoms with Gasteiger partial charge >= 0.3 is 0 Å². The zero-order chi connectivity index (χ0) is 35.2. The van der Waals surface area contributed by atoms with Crippen LogP contribution in [0.3, 0.4) is 0 Å². The lowest BCUT2D eigenvalue weighted by atomic mass is 10.0. The van der Waals surface area contributed by atoms with Crippen molar-refractivity contribution in [3.63, 3.8) is 0 Å². The Morgan fingerprint density at radius 2 is 1.18 bits per heavy atom. The van der Waals surface area contributed by atoms with E-state index in [1.165, 1.54) is 0 Å². The molecule has 7 rings (SSSR count). The van der Waals surface area contributed by atoms with E-state index in [2.05, 4.69) is 42.5 Å². The van der Waals surface area contributed by atoms with Gasteiger partial charge in [-0.3, -0.25) is 24.5 Å². The Balaban J connectivity index is 0.859. The van der Waals surface area contributed by atoms with E-state index in [-0.39, 0.29) is 23.9 Å². The van der Waals surface area contributed by atoms with Crippen molar-refractivity contribution in [2.24, 2.45) is 0 Å². The minimum Gasteiger partial charge on any atom is -0.356 e. The molecule has 3 aromatic heterocycles. The minimum absolute atomic E-state index is 0.0628. The summed E-state index contributed by atoms with van der Waals surface area (Å²) in [6.07, 6.45) is 12.3. The van der Waals surface area contributed by atoms with Gasteiger partial charge in [-0.2, -0.15) is 0 Å². The van der Waals surface area contributed by atoms with Crippen molar-refractivity contribution in [2.75, 3.05) is 31.1 Å². The Kier molecular flexibility index (Phi) is 10.9. The molecule has 2 aliphatic rings. The first-order valence-corrected chi connectivity index (χ1v) is 18.1. The molecule has 260 valence electrons. The van der Waals surface area contributed by atoms with Crippen LogP contribution >= 0.6 is 23.2 Å². The maximum Gasteiger partial charge on any atom is 0.253 e. The number of pyridine rings is 3. The lowest BCUT2D eigenvalue weighted by Crippen LogP contribution is -2.45. The number of nitrogens with zero attached hydrogens (tertiary/aromatic N) is 5. The van der Waals surface area contributed by atoms with E-state index in [1.54, 1.807) is 36.9 Å². The molecule has 0 saturated carbocycles. The van der Waals surface area contributed by atoms with Gasteiger partial charge in [0.2, 0.25) is 0 Å². The van der Waals surface area contributed by atoms with E-state index in [0.717, 1.165) is 92.0 Å². The van der Waals surface area contributed by atoms with E-state index >= 15 is 0 Å². The fourth-order valence-corrected chi connectivity index (χ4v) is 7.52. The lowest BCUT2D eigenvalue weighted by Gasteiger charge is -2.34. The molecule has 2 N–H and O–H groups in total. The highest BCUT2D eigenvalue weighted by atomic mass is 35.5. The van der Waals surface area contributed by atoms with Crippen molar-refractivity contribution in [3.8, 4) is 22.3 Å². The number of aromatic nitrogens is 3. The maximum atomic E-state index is 13.2. The van der Waals surface area contributed by atoms with Crippen LogP contribution in [0.15, 0.2) is 104 Å². The second kappa shape index (κ2) is 16.0. The SMILES string of the molecule is O=C(NC1CCN(Cc2ccc(N3CCC(NC(=O)c4cccc(-c5cccnc5)c4Cl)CC3)nc2)CC1)c1cccc(-c2cccnc2)c1Cl. The van der Waals surface area contributed by atoms with Crippen molar-refractivity contribution < 1.29 is 9.59 Å². The van der Waals surface area contributed by atoms with Crippen molar-refractivity contribution >= 4 is 40.8 Å². The third-order valence-corrected chi connectivity index (χ3v) is 10.5. The molecule has 9 nitrogen and oxygen atoms in total. The molecular weight excluding hydrogens is 681 g/mol. The molecule has 0 radical (unpaired) electrons. The van der Waals surface area contributed by atoms with Crippen molar-refractivity contribution in [1.29, 1.82) is 0 Å². The molecular formula is C40H39Cl2N7O2. The Morgan fingerprint density at radius 3 is 1.65 bits per heavy atom. The molecule has 11 heteroatoms. The first-order valence-electron chi connectivity index (χ1n) is 17.3. The van der Waals surface area contributed by atoms with Crippen LogP contribution in [-0.2, 0) is 6.54 Å². The zero-order valence-corrected chi connectivity index (χ0v) is 29.7. The number of amides is 2. The molecule has 2 aromatic carbocycles. The topological polar surface area (TPSA) is 103 Å². The molecule has 2 saturated heterocycles. The highest BCUT2D eigenvalue weighted by molar-refractivity contribution is 6.37. The van der Waals surface area contributed by atoms with Crippen LogP contribution in [0.4, 0.5) is 5.82 Å². The predicted octanol–water partition coefficient (Wildman–Crippen LogP) is 7.31. The van der Waals surface area contributed by atoms with Crippen molar-refractivity contribution in [3.05, 3.63) is 131 Å². The average molecular weight is 721 g/mol. The van der Waals surface area contributed by atoms with E-state index < -0.39 is 0 Å². The van der Waals surface area contributed by atoms with Crippen LogP contribution in [0, 0.1) is 0 Å². The van der Waals surface area contributed by atoms with Gasteiger partial charge in [0, 0.05) is 98.0 Å². The minimum atomic E-state index is -0.158. The molecule has 0 spiro atoms. The van der Waals surface area contributed by atoms with Gasteiger partial charge in [0.25, 0.3) is 11.8 Å². The van der Waals surface area contributed by atoms with Gasteiger partial charge in [-0.05, 0) is 61.6 Å². The predicted molar refractivity (Wildman–Crippen MR) is 202 cm³/mol. The van der Waals surface area contributed by atoms with Gasteiger partial charge in [0.15, 0.2) is 0 Å². The van der Waals surface area contributed by atoms with Gasteiger partial charge in [-0.25, -0.2) is 4.98 Å². The zero-order valence-electron chi connectivity index (χ0n) is 28.1. The van der Waals surface area contributed by atoms with E-state index in [1.807, 2.05) is 54.7 Å². The molecule has 5 heterocycles. The number of hydrogen-bond acceptors (Lipinski definition) is 7. The van der Waals surface area contributed by atoms with Crippen molar-refractivity contribution in [1.82, 2.24) is 30.5 Å². The third kappa shape index (κ3) is 8.22. The lowest BCUT2D eigenvalue weighted by molar-refractivity contribution is 0.0906. The van der Waals surface area contributed by atoms with Crippen LogP contribution < -0.4 is 15.5 Å². The summed E-state index contributed by atoms with van der Waals surface area (Å²) in [5.74, 6) is 0.642. The summed E-state index contributed by atoms with van der Waals surface area (Å²) in [5, 5.41) is 7.27. The summed E-state index contributed by atoms with van der Waals surface area (Å²) < 4.78 is 0. The van der Waals surface area contributed by atoms with Crippen LogP contribution in [0.1, 0.15) is 52.0 Å². The summed E-state index contributed by atoms with van der Waals surface area (Å²) in [5.41, 5.74) is 5.46. The third-order valence-electron chi connectivity index (χ3n) is 9.72. The van der Waals surface area contributed by atoms with Gasteiger partial charge in [-0.15, -0.1) is 0 Å². The number of benzene rings is 2. The summed E-state index contributed by atoms with van der Waals surface area (Å²) in [6.45, 7) is 4.19. The molecule has 0 bridgehead atoms. The number of likely N-dealkylation sites (tertiary alicyclic amines) is 1. The van der Waals surface area contributed by atoms with Gasteiger partial charge in [-0.1, -0.05) is 65.7 Å². The molecule has 2 amide bonds. The number of carbonyl (C=O) groups is 2. The van der Waals surface area contributed by atoms with Crippen LogP contribution in [-0.4, -0.2) is 69.9 Å². The summed E-state index contributed by atoms with van der Waals surface area (Å²) in [6, 6.07) is 23.0. The highest BCUT2D eigenvalue weighted by Crippen LogP contribution is 2.32. The Bertz CT molecular complexity index is 1960. The standard InChI is InChI=1S/C40H39Cl2N7O2/c41-37-32(28-5-3-17-43-24-28)7-1-9-34(37)39(50)46-30-13-19-48(20-14-30)26-27-11-12-36(45-23-27)49-21-15-31(16-22-49)47-40(51)35-10-2-8-33(38(35)42)29-6-4-18-44-25-29/h1-12,17-18,23-25,30-31H,13-16,19-22,26H2,(H,46,50)(H,47,51). The average Bonchev–Trinajstić information content (AvgIpc) is 3.17. The Labute approximate surface area is 308 Å². The number of rotatable bonds is 9. The van der Waals surface area contributed by atoms with E-state index in [9.17, 15) is 9.59 Å². The summed E-state index contributed by atoms with van der Waals surface area (Å²) in [4.78, 5) is 44.2. The normalized spacial score (nSPS) is 15.8. The fraction of sp³-hybridized carbons (Fsp3) is 0.275. The number of piperidine rings is 2. The van der Waals surface area contributed by atoms with Gasteiger partial charge in [0.1, 0.15) is 5.82 Å². The van der Waals surface area contributed by atoms with Gasteiger partial charge in [0.05, 0.1) is 21.2 Å². The molecule has 2 fully saturated rings. The number of carbonyl (C=O) groups excluding carboxylic acids is 2. The maximum absolute atomic E-state index is 13.2. The van der Waals surface area contributed by atoms with Crippen molar-refractivity contribution in [2.45, 2.75) is 44.3 Å². The summed E-state index contributed by atoms with van der Waals surface area (Å²) in [7, 11) is 0. The fourth-order valence-electron chi connectivity index (χ4n) is 6.87. The number of anilines is 1. The number of halogens is 2. The van der Waals surface area contributed by atoms with E-state index in [4.69, 9.17) is 28.2 Å². The molecule has 0 unspecified atom stereocenters. The first-order chi connectivity index (χ1) is 24.9. The largest absolute Gasteiger partial charge is 0.356 e. The molecule has 51 heavy (non-hydrogen) atoms. The quantitative estimate of drug-likeness (QED) is 0.165. The molecule has 2 aliphatic heterocycles. The Morgan fingerprint density at radius 1 is 0.647 bits per heavy atom. The first kappa shape index (κ1) is 34.6. The van der Waals surface area contributed by atoms with Crippen LogP contribution in [0.5, 0.6) is 0 Å².